The van der Waals surface area contributed by atoms with Crippen LogP contribution in [-0.2, 0) is 14.3 Å². The molecule has 2 atom stereocenters. The van der Waals surface area contributed by atoms with Crippen LogP contribution in [0.4, 0.5) is 4.79 Å². The maximum atomic E-state index is 13.4. The summed E-state index contributed by atoms with van der Waals surface area (Å²) in [5, 5.41) is 24.5. The van der Waals surface area contributed by atoms with E-state index in [1.54, 1.807) is 32.9 Å². The number of amides is 3. The molecule has 1 aromatic rings. The molecule has 0 fully saturated rings. The van der Waals surface area contributed by atoms with Gasteiger partial charge in [-0.15, -0.1) is 0 Å². The zero-order valence-electron chi connectivity index (χ0n) is 21.1. The lowest BCUT2D eigenvalue weighted by molar-refractivity contribution is -0.142. The number of benzene rings is 1. The fourth-order valence-corrected chi connectivity index (χ4v) is 3.41. The smallest absolute Gasteiger partial charge is 0.408 e. The van der Waals surface area contributed by atoms with Crippen LogP contribution in [0.15, 0.2) is 18.2 Å². The van der Waals surface area contributed by atoms with Crippen LogP contribution in [0.2, 0.25) is 0 Å². The lowest BCUT2D eigenvalue weighted by Gasteiger charge is -2.33. The summed E-state index contributed by atoms with van der Waals surface area (Å²) < 4.78 is 5.19. The van der Waals surface area contributed by atoms with Crippen molar-refractivity contribution in [3.05, 3.63) is 34.9 Å². The van der Waals surface area contributed by atoms with Gasteiger partial charge in [0.05, 0.1) is 12.7 Å². The highest BCUT2D eigenvalue weighted by atomic mass is 16.6. The Morgan fingerprint density at radius 3 is 2.44 bits per heavy atom. The minimum atomic E-state index is -1.39. The summed E-state index contributed by atoms with van der Waals surface area (Å²) in [5.41, 5.74) is 1.51. The fourth-order valence-electron chi connectivity index (χ4n) is 3.41. The largest absolute Gasteiger partial charge is 0.444 e. The molecule has 1 rings (SSSR count). The van der Waals surface area contributed by atoms with Crippen LogP contribution >= 0.6 is 0 Å². The first kappa shape index (κ1) is 28.9. The number of carbonyl (C=O) groups excluding carboxylic acids is 3. The summed E-state index contributed by atoms with van der Waals surface area (Å²) in [6.45, 7) is 10.1. The van der Waals surface area contributed by atoms with Crippen molar-refractivity contribution in [2.24, 2.45) is 0 Å². The Bertz CT molecular complexity index is 888. The molecule has 0 bridgehead atoms. The molecule has 9 heteroatoms. The molecular weight excluding hydrogens is 436 g/mol. The second kappa shape index (κ2) is 13.6. The topological polar surface area (TPSA) is 132 Å². The summed E-state index contributed by atoms with van der Waals surface area (Å²) >= 11 is 0. The van der Waals surface area contributed by atoms with E-state index in [1.165, 1.54) is 0 Å². The molecule has 0 radical (unpaired) electrons. The summed E-state index contributed by atoms with van der Waals surface area (Å²) in [6.07, 6.45) is 1.84. The van der Waals surface area contributed by atoms with Gasteiger partial charge in [-0.3, -0.25) is 9.59 Å². The maximum Gasteiger partial charge on any atom is 0.408 e. The lowest BCUT2D eigenvalue weighted by Crippen LogP contribution is -2.54. The standard InChI is InChI=1S/C25H38N4O5/c1-7-8-9-14-27-22(31)21(19-12-10-11-17(2)18(19)3)29(15-13-26)23(32)20(16-30)28-24(33)34-25(4,5)6/h10-12,20-21,30H,7-9,14-16H2,1-6H3,(H,27,31)(H,28,33). The average molecular weight is 475 g/mol. The predicted molar refractivity (Wildman–Crippen MR) is 129 cm³/mol. The van der Waals surface area contributed by atoms with Gasteiger partial charge in [0, 0.05) is 6.54 Å². The van der Waals surface area contributed by atoms with Crippen molar-refractivity contribution in [2.75, 3.05) is 19.7 Å². The third-order valence-electron chi connectivity index (χ3n) is 5.28. The first-order valence-electron chi connectivity index (χ1n) is 11.6. The number of hydrogen-bond acceptors (Lipinski definition) is 6. The molecule has 9 nitrogen and oxygen atoms in total. The molecule has 2 unspecified atom stereocenters. The summed E-state index contributed by atoms with van der Waals surface area (Å²) in [5.74, 6) is -1.19. The van der Waals surface area contributed by atoms with Crippen LogP contribution in [0, 0.1) is 25.2 Å². The molecule has 0 spiro atoms. The number of hydrogen-bond donors (Lipinski definition) is 3. The number of ether oxygens (including phenoxy) is 1. The molecule has 0 saturated heterocycles. The number of unbranched alkanes of at least 4 members (excludes halogenated alkanes) is 2. The molecule has 3 amide bonds. The van der Waals surface area contributed by atoms with Crippen molar-refractivity contribution >= 4 is 17.9 Å². The number of nitrogens with one attached hydrogen (secondary N) is 2. The van der Waals surface area contributed by atoms with Crippen molar-refractivity contribution in [1.29, 1.82) is 5.26 Å². The minimum Gasteiger partial charge on any atom is -0.444 e. The molecule has 0 aliphatic carbocycles. The number of aliphatic hydroxyl groups is 1. The van der Waals surface area contributed by atoms with Crippen LogP contribution < -0.4 is 10.6 Å². The van der Waals surface area contributed by atoms with Gasteiger partial charge < -0.3 is 25.4 Å². The van der Waals surface area contributed by atoms with Crippen molar-refractivity contribution in [1.82, 2.24) is 15.5 Å². The molecule has 0 aliphatic rings. The predicted octanol–water partition coefficient (Wildman–Crippen LogP) is 2.89. The Hall–Kier alpha value is -3.12. The first-order valence-corrected chi connectivity index (χ1v) is 11.6. The highest BCUT2D eigenvalue weighted by Crippen LogP contribution is 2.27. The first-order chi connectivity index (χ1) is 16.0. The van der Waals surface area contributed by atoms with Gasteiger partial charge in [-0.05, 0) is 57.7 Å². The van der Waals surface area contributed by atoms with Gasteiger partial charge in [0.1, 0.15) is 24.2 Å². The Kier molecular flexibility index (Phi) is 11.5. The van der Waals surface area contributed by atoms with Crippen molar-refractivity contribution in [3.8, 4) is 6.07 Å². The Morgan fingerprint density at radius 2 is 1.88 bits per heavy atom. The molecule has 0 aromatic heterocycles. The molecule has 1 aromatic carbocycles. The van der Waals surface area contributed by atoms with Crippen molar-refractivity contribution in [3.63, 3.8) is 0 Å². The van der Waals surface area contributed by atoms with E-state index in [4.69, 9.17) is 4.74 Å². The SMILES string of the molecule is CCCCCNC(=O)C(c1cccc(C)c1C)N(CC#N)C(=O)C(CO)NC(=O)OC(C)(C)C. The van der Waals surface area contributed by atoms with E-state index in [0.29, 0.717) is 12.1 Å². The molecule has 0 saturated carbocycles. The van der Waals surface area contributed by atoms with Crippen LogP contribution in [0.1, 0.15) is 69.7 Å². The number of alkyl carbamates (subject to hydrolysis) is 1. The number of carbonyl (C=O) groups is 3. The van der Waals surface area contributed by atoms with Gasteiger partial charge in [0.25, 0.3) is 0 Å². The zero-order valence-corrected chi connectivity index (χ0v) is 21.1. The maximum absolute atomic E-state index is 13.4. The van der Waals surface area contributed by atoms with Gasteiger partial charge >= 0.3 is 6.09 Å². The van der Waals surface area contributed by atoms with E-state index in [0.717, 1.165) is 35.3 Å². The Labute approximate surface area is 202 Å². The lowest BCUT2D eigenvalue weighted by atomic mass is 9.95. The van der Waals surface area contributed by atoms with Crippen LogP contribution in [0.3, 0.4) is 0 Å². The monoisotopic (exact) mass is 474 g/mol. The van der Waals surface area contributed by atoms with E-state index in [-0.39, 0.29) is 0 Å². The molecule has 0 heterocycles. The van der Waals surface area contributed by atoms with Crippen molar-refractivity contribution in [2.45, 2.75) is 78.5 Å². The minimum absolute atomic E-state index is 0.411. The number of rotatable bonds is 11. The molecule has 3 N–H and O–H groups in total. The van der Waals surface area contributed by atoms with Gasteiger partial charge in [-0.25, -0.2) is 4.79 Å². The molecule has 34 heavy (non-hydrogen) atoms. The van der Waals surface area contributed by atoms with E-state index >= 15 is 0 Å². The van der Waals surface area contributed by atoms with E-state index in [9.17, 15) is 24.8 Å². The molecular formula is C25H38N4O5. The molecule has 188 valence electrons. The number of aryl methyl sites for hydroxylation is 1. The van der Waals surface area contributed by atoms with Crippen LogP contribution in [0.25, 0.3) is 0 Å². The third kappa shape index (κ3) is 8.67. The second-order valence-electron chi connectivity index (χ2n) is 9.20. The Morgan fingerprint density at radius 1 is 1.21 bits per heavy atom. The van der Waals surface area contributed by atoms with Crippen LogP contribution in [0.5, 0.6) is 0 Å². The average Bonchev–Trinajstić information content (AvgIpc) is 2.75. The van der Waals surface area contributed by atoms with E-state index in [2.05, 4.69) is 17.6 Å². The van der Waals surface area contributed by atoms with E-state index in [1.807, 2.05) is 26.0 Å². The van der Waals surface area contributed by atoms with Crippen molar-refractivity contribution < 1.29 is 24.2 Å². The highest BCUT2D eigenvalue weighted by Gasteiger charge is 2.36. The summed E-state index contributed by atoms with van der Waals surface area (Å²) in [7, 11) is 0. The number of nitrogens with zero attached hydrogens (tertiary/aromatic N) is 2. The summed E-state index contributed by atoms with van der Waals surface area (Å²) in [6, 6.07) is 4.86. The molecule has 0 aliphatic heterocycles. The fraction of sp³-hybridized carbons (Fsp3) is 0.600. The van der Waals surface area contributed by atoms with Gasteiger partial charge in [-0.1, -0.05) is 38.0 Å². The second-order valence-corrected chi connectivity index (χ2v) is 9.20. The van der Waals surface area contributed by atoms with E-state index < -0.39 is 48.7 Å². The highest BCUT2D eigenvalue weighted by molar-refractivity contribution is 5.92. The van der Waals surface area contributed by atoms with Gasteiger partial charge in [0.15, 0.2) is 0 Å². The number of aliphatic hydroxyl groups excluding tert-OH is 1. The zero-order chi connectivity index (χ0) is 25.9. The summed E-state index contributed by atoms with van der Waals surface area (Å²) in [4.78, 5) is 40.1. The Balaban J connectivity index is 3.35. The number of nitriles is 1. The van der Waals surface area contributed by atoms with Gasteiger partial charge in [-0.2, -0.15) is 5.26 Å². The van der Waals surface area contributed by atoms with Gasteiger partial charge in [0.2, 0.25) is 11.8 Å². The quantitative estimate of drug-likeness (QED) is 0.334. The normalized spacial score (nSPS) is 12.8. The van der Waals surface area contributed by atoms with Crippen LogP contribution in [-0.4, -0.2) is 59.3 Å². The third-order valence-corrected chi connectivity index (χ3v) is 5.28.